The van der Waals surface area contributed by atoms with E-state index in [1.54, 1.807) is 0 Å². The smallest absolute Gasteiger partial charge is 0.322 e. The summed E-state index contributed by atoms with van der Waals surface area (Å²) in [4.78, 5) is 22.7. The molecule has 4 aliphatic rings. The number of carboxylic acids is 1. The van der Waals surface area contributed by atoms with Crippen LogP contribution in [-0.2, 0) is 9.59 Å². The third-order valence-corrected chi connectivity index (χ3v) is 10.8. The van der Waals surface area contributed by atoms with E-state index in [1.165, 1.54) is 12.8 Å². The van der Waals surface area contributed by atoms with Crippen molar-refractivity contribution in [3.8, 4) is 0 Å². The monoisotopic (exact) mass is 449 g/mol. The van der Waals surface area contributed by atoms with E-state index < -0.39 is 5.97 Å². The van der Waals surface area contributed by atoms with Crippen molar-refractivity contribution in [1.82, 2.24) is 5.32 Å². The highest BCUT2D eigenvalue weighted by Gasteiger charge is 2.63. The van der Waals surface area contributed by atoms with Gasteiger partial charge in [0.15, 0.2) is 0 Å². The van der Waals surface area contributed by atoms with Gasteiger partial charge in [-0.15, -0.1) is 0 Å². The summed E-state index contributed by atoms with van der Waals surface area (Å²) in [6.45, 7) is 6.65. The SMILES string of the molecule is C[C@H](CCC(=O)NCC(=O)O)[C@H]1CC[C@@H]2[C@@H]3CC[C@@H]4C[C@H](O)CC[C@]4(C)[C@@H]3C[C@H](O)[C@@]21C. The average Bonchev–Trinajstić information content (AvgIpc) is 3.10. The molecule has 4 saturated carbocycles. The predicted molar refractivity (Wildman–Crippen MR) is 122 cm³/mol. The highest BCUT2D eigenvalue weighted by atomic mass is 16.4. The molecule has 0 aromatic carbocycles. The fourth-order valence-electron chi connectivity index (χ4n) is 8.98. The number of nitrogens with one attached hydrogen (secondary N) is 1. The van der Waals surface area contributed by atoms with E-state index in [0.717, 1.165) is 44.9 Å². The first kappa shape index (κ1) is 24.0. The Hall–Kier alpha value is -1.14. The number of rotatable bonds is 6. The summed E-state index contributed by atoms with van der Waals surface area (Å²) in [6, 6.07) is 0. The van der Waals surface area contributed by atoms with Crippen molar-refractivity contribution in [2.24, 2.45) is 46.3 Å². The van der Waals surface area contributed by atoms with Crippen molar-refractivity contribution >= 4 is 11.9 Å². The first-order valence-electron chi connectivity index (χ1n) is 12.9. The minimum atomic E-state index is -1.02. The number of fused-ring (bicyclic) bond motifs is 5. The topological polar surface area (TPSA) is 107 Å². The van der Waals surface area contributed by atoms with E-state index in [4.69, 9.17) is 5.11 Å². The molecule has 0 bridgehead atoms. The molecule has 0 aromatic rings. The zero-order valence-electron chi connectivity index (χ0n) is 20.1. The number of hydrogen-bond donors (Lipinski definition) is 4. The Kier molecular flexibility index (Phi) is 6.68. The number of carbonyl (C=O) groups excluding carboxylic acids is 1. The summed E-state index contributed by atoms with van der Waals surface area (Å²) in [5, 5.41) is 33.0. The van der Waals surface area contributed by atoms with Crippen molar-refractivity contribution < 1.29 is 24.9 Å². The van der Waals surface area contributed by atoms with Gasteiger partial charge >= 0.3 is 5.97 Å². The van der Waals surface area contributed by atoms with Crippen LogP contribution in [0.4, 0.5) is 0 Å². The van der Waals surface area contributed by atoms with Gasteiger partial charge in [-0.05, 0) is 104 Å². The second-order valence-electron chi connectivity index (χ2n) is 12.1. The summed E-state index contributed by atoms with van der Waals surface area (Å²) in [5.41, 5.74) is 0.145. The van der Waals surface area contributed by atoms with Gasteiger partial charge < -0.3 is 20.6 Å². The van der Waals surface area contributed by atoms with Crippen molar-refractivity contribution in [3.05, 3.63) is 0 Å². The van der Waals surface area contributed by atoms with Crippen LogP contribution in [0, 0.1) is 46.3 Å². The molecule has 32 heavy (non-hydrogen) atoms. The number of aliphatic hydroxyl groups excluding tert-OH is 2. The fourth-order valence-corrected chi connectivity index (χ4v) is 8.98. The first-order chi connectivity index (χ1) is 15.1. The van der Waals surface area contributed by atoms with Crippen LogP contribution in [0.25, 0.3) is 0 Å². The van der Waals surface area contributed by atoms with Gasteiger partial charge in [0.2, 0.25) is 5.91 Å². The van der Waals surface area contributed by atoms with Gasteiger partial charge in [-0.2, -0.15) is 0 Å². The number of hydrogen-bond acceptors (Lipinski definition) is 4. The zero-order valence-corrected chi connectivity index (χ0v) is 20.1. The van der Waals surface area contributed by atoms with Gasteiger partial charge in [0, 0.05) is 6.42 Å². The number of carbonyl (C=O) groups is 2. The molecule has 4 rings (SSSR count). The standard InChI is InChI=1S/C26H43NO5/c1-15(4-9-23(30)27-14-24(31)32)19-7-8-20-18-6-5-16-12-17(28)10-11-25(16,2)21(18)13-22(29)26(19,20)3/h15-22,28-29H,4-14H2,1-3H3,(H,27,30)(H,31,32)/t15-,16-,17-,18+,19-,20-,21-,22+,25+,26-/m1/s1. The minimum absolute atomic E-state index is 0.102. The predicted octanol–water partition coefficient (Wildman–Crippen LogP) is 3.59. The molecule has 0 aromatic heterocycles. The van der Waals surface area contributed by atoms with Crippen LogP contribution in [0.2, 0.25) is 0 Å². The molecule has 0 unspecified atom stereocenters. The summed E-state index contributed by atoms with van der Waals surface area (Å²) in [6.07, 6.45) is 9.12. The van der Waals surface area contributed by atoms with Crippen LogP contribution in [0.3, 0.4) is 0 Å². The van der Waals surface area contributed by atoms with Gasteiger partial charge in [-0.3, -0.25) is 9.59 Å². The molecule has 1 amide bonds. The number of aliphatic carboxylic acids is 1. The lowest BCUT2D eigenvalue weighted by Gasteiger charge is -2.62. The van der Waals surface area contributed by atoms with Crippen molar-refractivity contribution in [3.63, 3.8) is 0 Å². The molecule has 0 heterocycles. The highest BCUT2D eigenvalue weighted by molar-refractivity contribution is 5.81. The summed E-state index contributed by atoms with van der Waals surface area (Å²) in [7, 11) is 0. The van der Waals surface area contributed by atoms with E-state index in [-0.39, 0.29) is 35.5 Å². The van der Waals surface area contributed by atoms with Crippen molar-refractivity contribution in [1.29, 1.82) is 0 Å². The number of carboxylic acid groups (broad SMARTS) is 1. The highest BCUT2D eigenvalue weighted by Crippen LogP contribution is 2.68. The number of aliphatic hydroxyl groups is 2. The molecule has 0 saturated heterocycles. The quantitative estimate of drug-likeness (QED) is 0.496. The Morgan fingerprint density at radius 3 is 2.50 bits per heavy atom. The molecule has 0 radical (unpaired) electrons. The molecule has 0 aliphatic heterocycles. The molecule has 6 nitrogen and oxygen atoms in total. The maximum Gasteiger partial charge on any atom is 0.322 e. The Balaban J connectivity index is 1.45. The lowest BCUT2D eigenvalue weighted by molar-refractivity contribution is -0.175. The van der Waals surface area contributed by atoms with Crippen LogP contribution in [0.5, 0.6) is 0 Å². The summed E-state index contributed by atoms with van der Waals surface area (Å²) in [5.74, 6) is 1.84. The third-order valence-electron chi connectivity index (χ3n) is 10.8. The largest absolute Gasteiger partial charge is 0.480 e. The number of amides is 1. The van der Waals surface area contributed by atoms with E-state index in [0.29, 0.717) is 41.9 Å². The lowest BCUT2D eigenvalue weighted by atomic mass is 9.43. The summed E-state index contributed by atoms with van der Waals surface area (Å²) >= 11 is 0. The van der Waals surface area contributed by atoms with E-state index in [9.17, 15) is 19.8 Å². The second kappa shape index (κ2) is 8.90. The van der Waals surface area contributed by atoms with Gasteiger partial charge in [0.05, 0.1) is 12.2 Å². The van der Waals surface area contributed by atoms with Gasteiger partial charge in [0.1, 0.15) is 6.54 Å². The van der Waals surface area contributed by atoms with E-state index in [2.05, 4.69) is 26.1 Å². The van der Waals surface area contributed by atoms with Gasteiger partial charge in [-0.25, -0.2) is 0 Å². The Labute approximate surface area is 192 Å². The summed E-state index contributed by atoms with van der Waals surface area (Å²) < 4.78 is 0. The van der Waals surface area contributed by atoms with Crippen molar-refractivity contribution in [2.45, 2.75) is 97.2 Å². The molecule has 10 atom stereocenters. The van der Waals surface area contributed by atoms with Gasteiger partial charge in [0.25, 0.3) is 0 Å². The molecular weight excluding hydrogens is 406 g/mol. The molecule has 182 valence electrons. The normalized spacial score (nSPS) is 46.5. The minimum Gasteiger partial charge on any atom is -0.480 e. The van der Waals surface area contributed by atoms with Crippen LogP contribution in [-0.4, -0.2) is 45.9 Å². The maximum atomic E-state index is 12.0. The van der Waals surface area contributed by atoms with Crippen molar-refractivity contribution in [2.75, 3.05) is 6.54 Å². The average molecular weight is 450 g/mol. The molecule has 0 spiro atoms. The molecule has 4 fully saturated rings. The molecular formula is C26H43NO5. The molecule has 6 heteroatoms. The third kappa shape index (κ3) is 4.00. The Morgan fingerprint density at radius 2 is 1.78 bits per heavy atom. The Morgan fingerprint density at radius 1 is 1.03 bits per heavy atom. The fraction of sp³-hybridized carbons (Fsp3) is 0.923. The lowest BCUT2D eigenvalue weighted by Crippen LogP contribution is -2.58. The van der Waals surface area contributed by atoms with Crippen LogP contribution >= 0.6 is 0 Å². The molecule has 4 N–H and O–H groups in total. The van der Waals surface area contributed by atoms with E-state index >= 15 is 0 Å². The maximum absolute atomic E-state index is 12.0. The second-order valence-corrected chi connectivity index (χ2v) is 12.1. The Bertz CT molecular complexity index is 727. The van der Waals surface area contributed by atoms with Crippen LogP contribution in [0.15, 0.2) is 0 Å². The molecule has 4 aliphatic carbocycles. The first-order valence-corrected chi connectivity index (χ1v) is 12.9. The van der Waals surface area contributed by atoms with Crippen LogP contribution < -0.4 is 5.32 Å². The zero-order chi connectivity index (χ0) is 23.3. The van der Waals surface area contributed by atoms with Crippen LogP contribution in [0.1, 0.15) is 85.0 Å². The van der Waals surface area contributed by atoms with E-state index in [1.807, 2.05) is 0 Å². The van der Waals surface area contributed by atoms with Gasteiger partial charge in [-0.1, -0.05) is 20.8 Å².